The summed E-state index contributed by atoms with van der Waals surface area (Å²) in [5, 5.41) is 19.8. The van der Waals surface area contributed by atoms with Gasteiger partial charge in [-0.3, -0.25) is 4.79 Å². The Labute approximate surface area is 160 Å². The minimum Gasteiger partial charge on any atom is -0.506 e. The average molecular weight is 450 g/mol. The number of aromatic hydroxyl groups is 1. The second-order valence-corrected chi connectivity index (χ2v) is 6.72. The number of carboxylic acid groups (broad SMARTS) is 1. The monoisotopic (exact) mass is 448 g/mol. The fourth-order valence-electron chi connectivity index (χ4n) is 1.89. The highest BCUT2D eigenvalue weighted by Gasteiger charge is 2.18. The molecule has 0 radical (unpaired) electrons. The van der Waals surface area contributed by atoms with Gasteiger partial charge in [0.25, 0.3) is 0 Å². The topological polar surface area (TPSA) is 74.6 Å². The third-order valence-electron chi connectivity index (χ3n) is 3.05. The van der Waals surface area contributed by atoms with Crippen molar-refractivity contribution in [2.75, 3.05) is 0 Å². The molecular formula is C16H8BrCl3O4. The average Bonchev–Trinajstić information content (AvgIpc) is 2.52. The zero-order valence-electron chi connectivity index (χ0n) is 11.7. The Bertz CT molecular complexity index is 878. The van der Waals surface area contributed by atoms with Gasteiger partial charge in [-0.15, -0.1) is 0 Å². The first-order chi connectivity index (χ1) is 11.2. The second kappa shape index (κ2) is 7.57. The molecule has 0 atom stereocenters. The van der Waals surface area contributed by atoms with Crippen molar-refractivity contribution in [3.05, 3.63) is 66.6 Å². The molecule has 0 aromatic heterocycles. The molecule has 0 saturated heterocycles. The lowest BCUT2D eigenvalue weighted by Crippen LogP contribution is -2.03. The van der Waals surface area contributed by atoms with E-state index >= 15 is 0 Å². The van der Waals surface area contributed by atoms with Crippen LogP contribution in [0.25, 0.3) is 6.08 Å². The van der Waals surface area contributed by atoms with Crippen LogP contribution in [0.2, 0.25) is 15.1 Å². The van der Waals surface area contributed by atoms with E-state index in [-0.39, 0.29) is 26.2 Å². The first-order valence-electron chi connectivity index (χ1n) is 6.34. The molecule has 0 aliphatic carbocycles. The van der Waals surface area contributed by atoms with Crippen molar-refractivity contribution >= 4 is 68.6 Å². The van der Waals surface area contributed by atoms with Gasteiger partial charge in [0.15, 0.2) is 5.78 Å². The highest BCUT2D eigenvalue weighted by molar-refractivity contribution is 9.10. The van der Waals surface area contributed by atoms with Gasteiger partial charge in [0, 0.05) is 15.1 Å². The van der Waals surface area contributed by atoms with E-state index < -0.39 is 17.5 Å². The van der Waals surface area contributed by atoms with E-state index in [0.717, 1.165) is 6.08 Å². The first kappa shape index (κ1) is 18.8. The van der Waals surface area contributed by atoms with E-state index in [1.807, 2.05) is 0 Å². The Kier molecular flexibility index (Phi) is 5.93. The molecule has 0 bridgehead atoms. The molecule has 0 amide bonds. The maximum atomic E-state index is 12.3. The molecule has 2 aromatic carbocycles. The Hall–Kier alpha value is -1.53. The maximum absolute atomic E-state index is 12.3. The molecule has 24 heavy (non-hydrogen) atoms. The van der Waals surface area contributed by atoms with Gasteiger partial charge in [0.05, 0.1) is 15.6 Å². The molecular weight excluding hydrogens is 442 g/mol. The fraction of sp³-hybridized carbons (Fsp3) is 0. The van der Waals surface area contributed by atoms with Gasteiger partial charge in [-0.2, -0.15) is 0 Å². The molecule has 0 spiro atoms. The van der Waals surface area contributed by atoms with Crippen molar-refractivity contribution < 1.29 is 19.8 Å². The largest absolute Gasteiger partial charge is 0.506 e. The fourth-order valence-corrected chi connectivity index (χ4v) is 3.01. The second-order valence-electron chi connectivity index (χ2n) is 4.61. The van der Waals surface area contributed by atoms with Crippen LogP contribution in [0.5, 0.6) is 5.75 Å². The van der Waals surface area contributed by atoms with E-state index in [0.29, 0.717) is 10.0 Å². The predicted molar refractivity (Wildman–Crippen MR) is 97.6 cm³/mol. The number of halogens is 4. The van der Waals surface area contributed by atoms with Crippen LogP contribution in [-0.4, -0.2) is 22.0 Å². The quantitative estimate of drug-likeness (QED) is 0.356. The SMILES string of the molecule is O=C(O)c1cc(Br)cc(C(=O)/C=C/c2c(Cl)ccc(Cl)c2Cl)c1O. The molecule has 0 fully saturated rings. The Balaban J connectivity index is 2.45. The van der Waals surface area contributed by atoms with Gasteiger partial charge in [-0.05, 0) is 36.4 Å². The minimum absolute atomic E-state index is 0.174. The number of phenols is 1. The van der Waals surface area contributed by atoms with Crippen molar-refractivity contribution in [1.82, 2.24) is 0 Å². The third-order valence-corrected chi connectivity index (χ3v) is 4.66. The predicted octanol–water partition coefficient (Wildman–Crippen LogP) is 5.71. The van der Waals surface area contributed by atoms with E-state index in [2.05, 4.69) is 15.9 Å². The number of carboxylic acids is 1. The number of carbonyl (C=O) groups is 2. The summed E-state index contributed by atoms with van der Waals surface area (Å²) < 4.78 is 0.341. The van der Waals surface area contributed by atoms with Crippen molar-refractivity contribution in [3.8, 4) is 5.75 Å². The van der Waals surface area contributed by atoms with Gasteiger partial charge in [0.2, 0.25) is 0 Å². The Morgan fingerprint density at radius 1 is 1.04 bits per heavy atom. The van der Waals surface area contributed by atoms with Crippen LogP contribution in [0.15, 0.2) is 34.8 Å². The van der Waals surface area contributed by atoms with Crippen LogP contribution in [-0.2, 0) is 0 Å². The molecule has 0 saturated carbocycles. The molecule has 0 aliphatic heterocycles. The number of carbonyl (C=O) groups excluding carboxylic acids is 1. The number of hydrogen-bond acceptors (Lipinski definition) is 3. The molecule has 0 unspecified atom stereocenters. The van der Waals surface area contributed by atoms with E-state index in [4.69, 9.17) is 39.9 Å². The van der Waals surface area contributed by atoms with Gasteiger partial charge in [0.1, 0.15) is 11.3 Å². The number of benzene rings is 2. The lowest BCUT2D eigenvalue weighted by atomic mass is 10.0. The first-order valence-corrected chi connectivity index (χ1v) is 8.26. The number of aromatic carboxylic acids is 1. The third kappa shape index (κ3) is 3.92. The Morgan fingerprint density at radius 3 is 2.25 bits per heavy atom. The molecule has 2 N–H and O–H groups in total. The summed E-state index contributed by atoms with van der Waals surface area (Å²) in [6.45, 7) is 0. The smallest absolute Gasteiger partial charge is 0.339 e. The Morgan fingerprint density at radius 2 is 1.62 bits per heavy atom. The summed E-state index contributed by atoms with van der Waals surface area (Å²) in [7, 11) is 0. The van der Waals surface area contributed by atoms with Crippen LogP contribution in [0, 0.1) is 0 Å². The van der Waals surface area contributed by atoms with Gasteiger partial charge < -0.3 is 10.2 Å². The molecule has 124 valence electrons. The summed E-state index contributed by atoms with van der Waals surface area (Å²) in [6.07, 6.45) is 2.47. The zero-order chi connectivity index (χ0) is 18.0. The van der Waals surface area contributed by atoms with Crippen LogP contribution in [0.3, 0.4) is 0 Å². The summed E-state index contributed by atoms with van der Waals surface area (Å²) in [6, 6.07) is 5.56. The molecule has 2 rings (SSSR count). The summed E-state index contributed by atoms with van der Waals surface area (Å²) in [5.74, 6) is -2.60. The molecule has 2 aromatic rings. The van der Waals surface area contributed by atoms with Crippen LogP contribution < -0.4 is 0 Å². The summed E-state index contributed by atoms with van der Waals surface area (Å²) in [5.41, 5.74) is -0.223. The van der Waals surface area contributed by atoms with Crippen molar-refractivity contribution in [3.63, 3.8) is 0 Å². The van der Waals surface area contributed by atoms with Crippen molar-refractivity contribution in [2.45, 2.75) is 0 Å². The van der Waals surface area contributed by atoms with Crippen molar-refractivity contribution in [2.24, 2.45) is 0 Å². The summed E-state index contributed by atoms with van der Waals surface area (Å²) >= 11 is 21.1. The highest BCUT2D eigenvalue weighted by atomic mass is 79.9. The summed E-state index contributed by atoms with van der Waals surface area (Å²) in [4.78, 5) is 23.4. The number of ketones is 1. The van der Waals surface area contributed by atoms with E-state index in [1.54, 1.807) is 0 Å². The lowest BCUT2D eigenvalue weighted by Gasteiger charge is -2.06. The number of allylic oxidation sites excluding steroid dienone is 1. The van der Waals surface area contributed by atoms with Crippen LogP contribution in [0.4, 0.5) is 0 Å². The van der Waals surface area contributed by atoms with Crippen LogP contribution >= 0.6 is 50.7 Å². The van der Waals surface area contributed by atoms with Gasteiger partial charge in [-0.1, -0.05) is 50.7 Å². The number of rotatable bonds is 4. The van der Waals surface area contributed by atoms with Crippen molar-refractivity contribution in [1.29, 1.82) is 0 Å². The number of hydrogen-bond donors (Lipinski definition) is 2. The molecule has 8 heteroatoms. The molecule has 4 nitrogen and oxygen atoms in total. The van der Waals surface area contributed by atoms with E-state index in [9.17, 15) is 14.7 Å². The standard InChI is InChI=1S/C16H8BrCl3O4/c17-7-5-9(15(22)10(6-7)16(23)24)13(21)4-1-8-11(18)2-3-12(19)14(8)20/h1-6,22H,(H,23,24)/b4-1+. The van der Waals surface area contributed by atoms with Gasteiger partial charge >= 0.3 is 5.97 Å². The maximum Gasteiger partial charge on any atom is 0.339 e. The lowest BCUT2D eigenvalue weighted by molar-refractivity contribution is 0.0693. The van der Waals surface area contributed by atoms with E-state index in [1.165, 1.54) is 30.3 Å². The normalized spacial score (nSPS) is 11.0. The highest BCUT2D eigenvalue weighted by Crippen LogP contribution is 2.33. The zero-order valence-corrected chi connectivity index (χ0v) is 15.5. The van der Waals surface area contributed by atoms with Gasteiger partial charge in [-0.25, -0.2) is 4.79 Å². The molecule has 0 heterocycles. The minimum atomic E-state index is -1.35. The molecule has 0 aliphatic rings. The van der Waals surface area contributed by atoms with Crippen LogP contribution in [0.1, 0.15) is 26.3 Å².